The van der Waals surface area contributed by atoms with Crippen molar-refractivity contribution < 1.29 is 23.6 Å². The molecule has 1 heterocycles. The second-order valence-electron chi connectivity index (χ2n) is 7.82. The summed E-state index contributed by atoms with van der Waals surface area (Å²) in [7, 11) is -0.436. The fourth-order valence-electron chi connectivity index (χ4n) is 2.92. The van der Waals surface area contributed by atoms with Crippen molar-refractivity contribution in [2.45, 2.75) is 51.9 Å². The van der Waals surface area contributed by atoms with Crippen molar-refractivity contribution in [3.05, 3.63) is 60.2 Å². The maximum atomic E-state index is 12.4. The van der Waals surface area contributed by atoms with Gasteiger partial charge in [-0.25, -0.2) is 4.79 Å². The summed E-state index contributed by atoms with van der Waals surface area (Å²) in [4.78, 5) is 12.4. The van der Waals surface area contributed by atoms with Gasteiger partial charge in [0.15, 0.2) is 0 Å². The van der Waals surface area contributed by atoms with Gasteiger partial charge in [-0.2, -0.15) is 0 Å². The molecule has 1 unspecified atom stereocenters. The van der Waals surface area contributed by atoms with Gasteiger partial charge < -0.3 is 18.8 Å². The number of ether oxygens (including phenoxy) is 2. The molecule has 0 bridgehead atoms. The molecule has 0 amide bonds. The molecule has 6 heteroatoms. The maximum Gasteiger partial charge on any atom is 0.494 e. The number of carbonyl (C=O) groups excluding carboxylic acids is 1. The molecule has 5 nitrogen and oxygen atoms in total. The van der Waals surface area contributed by atoms with E-state index in [-0.39, 0.29) is 0 Å². The highest BCUT2D eigenvalue weighted by molar-refractivity contribution is 6.62. The van der Waals surface area contributed by atoms with Gasteiger partial charge in [0.25, 0.3) is 0 Å². The van der Waals surface area contributed by atoms with Crippen molar-refractivity contribution >= 4 is 18.6 Å². The van der Waals surface area contributed by atoms with Crippen LogP contribution in [0, 0.1) is 0 Å². The summed E-state index contributed by atoms with van der Waals surface area (Å²) in [6.07, 6.45) is -0.816. The van der Waals surface area contributed by atoms with Crippen molar-refractivity contribution in [2.24, 2.45) is 0 Å². The van der Waals surface area contributed by atoms with Crippen molar-refractivity contribution in [1.82, 2.24) is 0 Å². The van der Waals surface area contributed by atoms with E-state index >= 15 is 0 Å². The van der Waals surface area contributed by atoms with Gasteiger partial charge in [0.1, 0.15) is 5.75 Å². The van der Waals surface area contributed by atoms with E-state index in [0.29, 0.717) is 12.4 Å². The molecule has 0 saturated carbocycles. The minimum absolute atomic E-state index is 0.298. The van der Waals surface area contributed by atoms with E-state index in [9.17, 15) is 4.79 Å². The van der Waals surface area contributed by atoms with Crippen LogP contribution in [0.2, 0.25) is 0 Å². The fourth-order valence-corrected chi connectivity index (χ4v) is 2.92. The largest absolute Gasteiger partial charge is 0.494 e. The van der Waals surface area contributed by atoms with Crippen molar-refractivity contribution in [3.63, 3.8) is 0 Å². The Morgan fingerprint density at radius 1 is 0.964 bits per heavy atom. The summed E-state index contributed by atoms with van der Waals surface area (Å²) in [6.45, 7) is 10.2. The van der Waals surface area contributed by atoms with Crippen LogP contribution >= 0.6 is 0 Å². The number of esters is 1. The molecule has 1 atom stereocenters. The van der Waals surface area contributed by atoms with Gasteiger partial charge in [-0.05, 0) is 52.2 Å². The predicted octanol–water partition coefficient (Wildman–Crippen LogP) is 3.67. The molecule has 0 spiro atoms. The van der Waals surface area contributed by atoms with Crippen LogP contribution in [-0.4, -0.2) is 30.9 Å². The lowest BCUT2D eigenvalue weighted by Gasteiger charge is -2.32. The van der Waals surface area contributed by atoms with Crippen LogP contribution < -0.4 is 10.2 Å². The zero-order chi connectivity index (χ0) is 20.4. The highest BCUT2D eigenvalue weighted by atomic mass is 16.7. The van der Waals surface area contributed by atoms with Gasteiger partial charge in [0.05, 0.1) is 17.8 Å². The van der Waals surface area contributed by atoms with E-state index < -0.39 is 30.4 Å². The van der Waals surface area contributed by atoms with Gasteiger partial charge in [-0.1, -0.05) is 42.5 Å². The standard InChI is InChI=1S/C22H27BO5/c1-6-25-20(24)19(16-10-8-7-9-11-16)26-18-14-12-17(13-15-18)23-27-21(2,3)22(4,5)28-23/h7-15,19H,6H2,1-5H3. The molecular weight excluding hydrogens is 355 g/mol. The van der Waals surface area contributed by atoms with Crippen molar-refractivity contribution in [1.29, 1.82) is 0 Å². The lowest BCUT2D eigenvalue weighted by atomic mass is 9.79. The number of hydrogen-bond acceptors (Lipinski definition) is 5. The van der Waals surface area contributed by atoms with E-state index in [1.807, 2.05) is 82.3 Å². The minimum atomic E-state index is -0.816. The van der Waals surface area contributed by atoms with Crippen molar-refractivity contribution in [2.75, 3.05) is 6.61 Å². The summed E-state index contributed by atoms with van der Waals surface area (Å²) in [5.41, 5.74) is 0.860. The van der Waals surface area contributed by atoms with E-state index in [2.05, 4.69) is 0 Å². The van der Waals surface area contributed by atoms with E-state index in [1.54, 1.807) is 6.92 Å². The molecule has 2 aromatic carbocycles. The molecule has 0 N–H and O–H groups in total. The van der Waals surface area contributed by atoms with E-state index in [0.717, 1.165) is 11.0 Å². The average Bonchev–Trinajstić information content (AvgIpc) is 2.88. The average molecular weight is 382 g/mol. The Hall–Kier alpha value is -2.31. The monoisotopic (exact) mass is 382 g/mol. The quantitative estimate of drug-likeness (QED) is 0.564. The highest BCUT2D eigenvalue weighted by Gasteiger charge is 2.51. The van der Waals surface area contributed by atoms with Gasteiger partial charge in [-0.3, -0.25) is 0 Å². The topological polar surface area (TPSA) is 54.0 Å². The normalized spacial score (nSPS) is 18.5. The third-order valence-electron chi connectivity index (χ3n) is 5.26. The van der Waals surface area contributed by atoms with Crippen molar-refractivity contribution in [3.8, 4) is 5.75 Å². The molecule has 1 fully saturated rings. The van der Waals surface area contributed by atoms with E-state index in [4.69, 9.17) is 18.8 Å². The molecule has 0 radical (unpaired) electrons. The lowest BCUT2D eigenvalue weighted by molar-refractivity contribution is -0.151. The fraction of sp³-hybridized carbons (Fsp3) is 0.409. The number of carbonyl (C=O) groups is 1. The second-order valence-corrected chi connectivity index (χ2v) is 7.82. The summed E-state index contributed by atoms with van der Waals surface area (Å²) in [5.74, 6) is 0.158. The van der Waals surface area contributed by atoms with Crippen LogP contribution in [0.5, 0.6) is 5.75 Å². The third-order valence-corrected chi connectivity index (χ3v) is 5.26. The Kier molecular flexibility index (Phi) is 5.82. The minimum Gasteiger partial charge on any atom is -0.474 e. The first-order valence-corrected chi connectivity index (χ1v) is 9.57. The Balaban J connectivity index is 1.76. The zero-order valence-corrected chi connectivity index (χ0v) is 17.1. The molecule has 148 valence electrons. The Morgan fingerprint density at radius 3 is 2.07 bits per heavy atom. The maximum absolute atomic E-state index is 12.4. The Bertz CT molecular complexity index is 785. The molecule has 28 heavy (non-hydrogen) atoms. The first-order valence-electron chi connectivity index (χ1n) is 9.57. The van der Waals surface area contributed by atoms with Crippen LogP contribution in [0.3, 0.4) is 0 Å². The van der Waals surface area contributed by atoms with Gasteiger partial charge in [-0.15, -0.1) is 0 Å². The summed E-state index contributed by atoms with van der Waals surface area (Å²) in [5, 5.41) is 0. The van der Waals surface area contributed by atoms with Gasteiger partial charge in [0.2, 0.25) is 6.10 Å². The van der Waals surface area contributed by atoms with Crippen LogP contribution in [0.25, 0.3) is 0 Å². The number of benzene rings is 2. The Labute approximate surface area is 167 Å². The number of rotatable bonds is 6. The second kappa shape index (κ2) is 7.98. The van der Waals surface area contributed by atoms with Crippen LogP contribution in [0.1, 0.15) is 46.3 Å². The molecule has 1 saturated heterocycles. The molecule has 1 aliphatic heterocycles. The van der Waals surface area contributed by atoms with Gasteiger partial charge in [0, 0.05) is 5.56 Å². The molecule has 0 aromatic heterocycles. The molecule has 2 aromatic rings. The first kappa shape index (κ1) is 20.4. The van der Waals surface area contributed by atoms with Crippen LogP contribution in [-0.2, 0) is 18.8 Å². The van der Waals surface area contributed by atoms with E-state index in [1.165, 1.54) is 0 Å². The highest BCUT2D eigenvalue weighted by Crippen LogP contribution is 2.36. The van der Waals surface area contributed by atoms with Crippen LogP contribution in [0.4, 0.5) is 0 Å². The SMILES string of the molecule is CCOC(=O)C(Oc1ccc(B2OC(C)(C)C(C)(C)O2)cc1)c1ccccc1. The number of hydrogen-bond donors (Lipinski definition) is 0. The van der Waals surface area contributed by atoms with Gasteiger partial charge >= 0.3 is 13.1 Å². The predicted molar refractivity (Wildman–Crippen MR) is 109 cm³/mol. The zero-order valence-electron chi connectivity index (χ0n) is 17.1. The van der Waals surface area contributed by atoms with Crippen LogP contribution in [0.15, 0.2) is 54.6 Å². The lowest BCUT2D eigenvalue weighted by Crippen LogP contribution is -2.41. The Morgan fingerprint density at radius 2 is 1.54 bits per heavy atom. The smallest absolute Gasteiger partial charge is 0.474 e. The molecule has 1 aliphatic rings. The molecular formula is C22H27BO5. The molecule has 3 rings (SSSR count). The summed E-state index contributed by atoms with van der Waals surface area (Å²) >= 11 is 0. The molecule has 0 aliphatic carbocycles. The summed E-state index contributed by atoms with van der Waals surface area (Å²) < 4.78 is 23.3. The third kappa shape index (κ3) is 4.23. The summed E-state index contributed by atoms with van der Waals surface area (Å²) in [6, 6.07) is 16.7. The first-order chi connectivity index (χ1) is 13.2.